The summed E-state index contributed by atoms with van der Waals surface area (Å²) in [6.07, 6.45) is 1.74. The molecule has 1 heterocycles. The molecule has 4 nitrogen and oxygen atoms in total. The molecule has 19 heavy (non-hydrogen) atoms. The van der Waals surface area contributed by atoms with E-state index in [0.29, 0.717) is 18.9 Å². The standard InChI is InChI=1S/C15H19NO3/c1-2-11-7-14(17)16(9-11)10-13-5-3-12(4-6-13)8-15(18)19/h3-6,11H,2,7-10H2,1H3,(H,18,19). The molecule has 1 N–H and O–H groups in total. The van der Waals surface area contributed by atoms with Gasteiger partial charge in [0.1, 0.15) is 0 Å². The average molecular weight is 261 g/mol. The molecule has 1 aromatic carbocycles. The molecule has 0 saturated carbocycles. The Morgan fingerprint density at radius 2 is 1.95 bits per heavy atom. The van der Waals surface area contributed by atoms with Gasteiger partial charge in [-0.2, -0.15) is 0 Å². The van der Waals surface area contributed by atoms with Gasteiger partial charge in [0.15, 0.2) is 0 Å². The van der Waals surface area contributed by atoms with Crippen molar-refractivity contribution in [2.75, 3.05) is 6.54 Å². The second-order valence-electron chi connectivity index (χ2n) is 5.14. The van der Waals surface area contributed by atoms with Gasteiger partial charge in [0.2, 0.25) is 5.91 Å². The van der Waals surface area contributed by atoms with Crippen molar-refractivity contribution in [1.29, 1.82) is 0 Å². The van der Waals surface area contributed by atoms with Crippen LogP contribution in [0.4, 0.5) is 0 Å². The predicted octanol–water partition coefficient (Wildman–Crippen LogP) is 2.07. The number of hydrogen-bond donors (Lipinski definition) is 1. The molecule has 1 aliphatic heterocycles. The summed E-state index contributed by atoms with van der Waals surface area (Å²) in [4.78, 5) is 24.3. The maximum absolute atomic E-state index is 11.8. The van der Waals surface area contributed by atoms with Crippen LogP contribution < -0.4 is 0 Å². The van der Waals surface area contributed by atoms with Crippen LogP contribution >= 0.6 is 0 Å². The van der Waals surface area contributed by atoms with Gasteiger partial charge >= 0.3 is 5.97 Å². The smallest absolute Gasteiger partial charge is 0.307 e. The summed E-state index contributed by atoms with van der Waals surface area (Å²) in [6.45, 7) is 3.58. The van der Waals surface area contributed by atoms with Gasteiger partial charge < -0.3 is 10.0 Å². The topological polar surface area (TPSA) is 57.6 Å². The first kappa shape index (κ1) is 13.6. The van der Waals surface area contributed by atoms with Gasteiger partial charge in [-0.25, -0.2) is 0 Å². The zero-order valence-electron chi connectivity index (χ0n) is 11.1. The Morgan fingerprint density at radius 1 is 1.32 bits per heavy atom. The predicted molar refractivity (Wildman–Crippen MR) is 71.6 cm³/mol. The summed E-state index contributed by atoms with van der Waals surface area (Å²) >= 11 is 0. The van der Waals surface area contributed by atoms with E-state index in [2.05, 4.69) is 6.92 Å². The van der Waals surface area contributed by atoms with E-state index in [1.165, 1.54) is 0 Å². The summed E-state index contributed by atoms with van der Waals surface area (Å²) in [6, 6.07) is 7.46. The molecule has 1 atom stereocenters. The van der Waals surface area contributed by atoms with Crippen LogP contribution in [0, 0.1) is 5.92 Å². The number of amides is 1. The third-order valence-electron chi connectivity index (χ3n) is 3.62. The molecule has 2 rings (SSSR count). The fraction of sp³-hybridized carbons (Fsp3) is 0.467. The molecule has 1 aliphatic rings. The monoisotopic (exact) mass is 261 g/mol. The maximum atomic E-state index is 11.8. The van der Waals surface area contributed by atoms with Gasteiger partial charge in [-0.15, -0.1) is 0 Å². The van der Waals surface area contributed by atoms with E-state index in [4.69, 9.17) is 5.11 Å². The van der Waals surface area contributed by atoms with Crippen molar-refractivity contribution >= 4 is 11.9 Å². The molecule has 102 valence electrons. The molecule has 1 unspecified atom stereocenters. The van der Waals surface area contributed by atoms with Crippen molar-refractivity contribution in [2.45, 2.75) is 32.7 Å². The molecule has 0 radical (unpaired) electrons. The Balaban J connectivity index is 1.96. The van der Waals surface area contributed by atoms with E-state index in [1.807, 2.05) is 29.2 Å². The molecule has 1 aromatic rings. The molecular weight excluding hydrogens is 242 g/mol. The van der Waals surface area contributed by atoms with Crippen LogP contribution in [0.2, 0.25) is 0 Å². The van der Waals surface area contributed by atoms with Crippen LogP contribution in [0.3, 0.4) is 0 Å². The highest BCUT2D eigenvalue weighted by Crippen LogP contribution is 2.22. The lowest BCUT2D eigenvalue weighted by atomic mass is 10.1. The molecule has 0 spiro atoms. The summed E-state index contributed by atoms with van der Waals surface area (Å²) in [5.74, 6) is -0.117. The summed E-state index contributed by atoms with van der Waals surface area (Å²) < 4.78 is 0. The number of carboxylic acids is 1. The normalized spacial score (nSPS) is 18.9. The van der Waals surface area contributed by atoms with Gasteiger partial charge in [0, 0.05) is 19.5 Å². The largest absolute Gasteiger partial charge is 0.481 e. The average Bonchev–Trinajstić information content (AvgIpc) is 2.72. The van der Waals surface area contributed by atoms with Gasteiger partial charge in [0.05, 0.1) is 6.42 Å². The highest BCUT2D eigenvalue weighted by atomic mass is 16.4. The van der Waals surface area contributed by atoms with Crippen molar-refractivity contribution in [3.63, 3.8) is 0 Å². The van der Waals surface area contributed by atoms with Crippen molar-refractivity contribution < 1.29 is 14.7 Å². The van der Waals surface area contributed by atoms with E-state index in [9.17, 15) is 9.59 Å². The molecule has 1 saturated heterocycles. The SMILES string of the molecule is CCC1CC(=O)N(Cc2ccc(CC(=O)O)cc2)C1. The zero-order valence-corrected chi connectivity index (χ0v) is 11.1. The van der Waals surface area contributed by atoms with Gasteiger partial charge in [-0.1, -0.05) is 37.6 Å². The third-order valence-corrected chi connectivity index (χ3v) is 3.62. The number of carbonyl (C=O) groups is 2. The number of hydrogen-bond acceptors (Lipinski definition) is 2. The number of benzene rings is 1. The van der Waals surface area contributed by atoms with Crippen LogP contribution in [0.1, 0.15) is 30.9 Å². The fourth-order valence-electron chi connectivity index (χ4n) is 2.44. The number of nitrogens with zero attached hydrogens (tertiary/aromatic N) is 1. The lowest BCUT2D eigenvalue weighted by Crippen LogP contribution is -2.24. The lowest BCUT2D eigenvalue weighted by molar-refractivity contribution is -0.136. The first-order valence-electron chi connectivity index (χ1n) is 6.66. The zero-order chi connectivity index (χ0) is 13.8. The Kier molecular flexibility index (Phi) is 4.20. The number of aliphatic carboxylic acids is 1. The second-order valence-corrected chi connectivity index (χ2v) is 5.14. The number of rotatable bonds is 5. The van der Waals surface area contributed by atoms with Gasteiger partial charge in [-0.3, -0.25) is 9.59 Å². The minimum atomic E-state index is -0.826. The first-order valence-corrected chi connectivity index (χ1v) is 6.66. The van der Waals surface area contributed by atoms with Crippen LogP contribution in [0.5, 0.6) is 0 Å². The van der Waals surface area contributed by atoms with Crippen molar-refractivity contribution in [3.8, 4) is 0 Å². The summed E-state index contributed by atoms with van der Waals surface area (Å²) in [7, 11) is 0. The first-order chi connectivity index (χ1) is 9.08. The maximum Gasteiger partial charge on any atom is 0.307 e. The van der Waals surface area contributed by atoms with E-state index in [1.54, 1.807) is 0 Å². The highest BCUT2D eigenvalue weighted by Gasteiger charge is 2.27. The molecule has 0 aromatic heterocycles. The fourth-order valence-corrected chi connectivity index (χ4v) is 2.44. The number of carboxylic acid groups (broad SMARTS) is 1. The summed E-state index contributed by atoms with van der Waals surface area (Å²) in [5, 5.41) is 8.70. The minimum Gasteiger partial charge on any atom is -0.481 e. The van der Waals surface area contributed by atoms with Crippen LogP contribution in [-0.4, -0.2) is 28.4 Å². The lowest BCUT2D eigenvalue weighted by Gasteiger charge is -2.16. The van der Waals surface area contributed by atoms with Gasteiger partial charge in [0.25, 0.3) is 0 Å². The van der Waals surface area contributed by atoms with Crippen LogP contribution in [-0.2, 0) is 22.6 Å². The molecule has 0 aliphatic carbocycles. The molecule has 4 heteroatoms. The molecule has 0 bridgehead atoms. The van der Waals surface area contributed by atoms with E-state index in [-0.39, 0.29) is 12.3 Å². The van der Waals surface area contributed by atoms with Crippen LogP contribution in [0.25, 0.3) is 0 Å². The molecule has 1 fully saturated rings. The Hall–Kier alpha value is -1.84. The quantitative estimate of drug-likeness (QED) is 0.882. The number of likely N-dealkylation sites (tertiary alicyclic amines) is 1. The Morgan fingerprint density at radius 3 is 2.47 bits per heavy atom. The van der Waals surface area contributed by atoms with Crippen molar-refractivity contribution in [2.24, 2.45) is 5.92 Å². The number of carbonyl (C=O) groups excluding carboxylic acids is 1. The highest BCUT2D eigenvalue weighted by molar-refractivity contribution is 5.78. The summed E-state index contributed by atoms with van der Waals surface area (Å²) in [5.41, 5.74) is 1.84. The van der Waals surface area contributed by atoms with E-state index < -0.39 is 5.97 Å². The van der Waals surface area contributed by atoms with Gasteiger partial charge in [-0.05, 0) is 17.0 Å². The molecule has 1 amide bonds. The van der Waals surface area contributed by atoms with E-state index >= 15 is 0 Å². The molecular formula is C15H19NO3. The van der Waals surface area contributed by atoms with Crippen molar-refractivity contribution in [1.82, 2.24) is 4.90 Å². The second kappa shape index (κ2) is 5.87. The Labute approximate surface area is 113 Å². The minimum absolute atomic E-state index is 0.0425. The van der Waals surface area contributed by atoms with Crippen molar-refractivity contribution in [3.05, 3.63) is 35.4 Å². The third kappa shape index (κ3) is 3.56. The van der Waals surface area contributed by atoms with Crippen LogP contribution in [0.15, 0.2) is 24.3 Å². The van der Waals surface area contributed by atoms with E-state index in [0.717, 1.165) is 24.1 Å². The Bertz CT molecular complexity index is 467.